The molecule has 3 aromatic heterocycles. The third-order valence-corrected chi connectivity index (χ3v) is 5.05. The first-order valence-corrected chi connectivity index (χ1v) is 8.84. The molecule has 5 rings (SSSR count). The maximum absolute atomic E-state index is 4.95. The number of nitrogens with zero attached hydrogens (tertiary/aromatic N) is 5. The minimum absolute atomic E-state index is 0.774. The Balaban J connectivity index is 1.54. The summed E-state index contributed by atoms with van der Waals surface area (Å²) in [5.74, 6) is 1.92. The Labute approximate surface area is 150 Å². The molecule has 0 saturated carbocycles. The van der Waals surface area contributed by atoms with E-state index in [1.165, 1.54) is 21.9 Å². The summed E-state index contributed by atoms with van der Waals surface area (Å²) in [6.45, 7) is 2.16. The predicted octanol–water partition coefficient (Wildman–Crippen LogP) is 3.86. The first-order valence-electron chi connectivity index (χ1n) is 8.84. The first kappa shape index (κ1) is 15.1. The summed E-state index contributed by atoms with van der Waals surface area (Å²) in [5.41, 5.74) is 4.42. The van der Waals surface area contributed by atoms with E-state index >= 15 is 0 Å². The van der Waals surface area contributed by atoms with Gasteiger partial charge >= 0.3 is 0 Å². The number of hydrogen-bond acceptors (Lipinski definition) is 3. The van der Waals surface area contributed by atoms with Gasteiger partial charge in [-0.2, -0.15) is 5.10 Å². The van der Waals surface area contributed by atoms with E-state index in [1.807, 2.05) is 28.9 Å². The smallest absolute Gasteiger partial charge is 0.155 e. The maximum Gasteiger partial charge on any atom is 0.155 e. The molecule has 0 unspecified atom stereocenters. The van der Waals surface area contributed by atoms with Gasteiger partial charge in [0.1, 0.15) is 5.82 Å². The van der Waals surface area contributed by atoms with Gasteiger partial charge in [0.15, 0.2) is 11.5 Å². The van der Waals surface area contributed by atoms with Crippen molar-refractivity contribution in [2.75, 3.05) is 0 Å². The van der Waals surface area contributed by atoms with Crippen LogP contribution in [-0.4, -0.2) is 24.1 Å². The second-order valence-electron chi connectivity index (χ2n) is 6.73. The van der Waals surface area contributed by atoms with Crippen molar-refractivity contribution in [3.8, 4) is 0 Å². The standard InChI is InChI=1S/C21H19N5/c1-14-13-17-21(16-8-4-3-7-15(14)16)23-19(25(17)2)11-10-18-22-20-9-5-6-12-26(20)24-18/h3-9,12-13H,10-11H2,1-2H3. The molecule has 0 atom stereocenters. The molecule has 0 saturated heterocycles. The highest BCUT2D eigenvalue weighted by Crippen LogP contribution is 2.28. The zero-order valence-electron chi connectivity index (χ0n) is 14.8. The molecule has 0 aliphatic rings. The van der Waals surface area contributed by atoms with Crippen LogP contribution < -0.4 is 0 Å². The zero-order valence-corrected chi connectivity index (χ0v) is 14.8. The van der Waals surface area contributed by atoms with Crippen LogP contribution in [0.25, 0.3) is 27.5 Å². The Morgan fingerprint density at radius 2 is 1.73 bits per heavy atom. The summed E-state index contributed by atoms with van der Waals surface area (Å²) in [7, 11) is 2.09. The lowest BCUT2D eigenvalue weighted by Crippen LogP contribution is -2.01. The van der Waals surface area contributed by atoms with Crippen LogP contribution in [0, 0.1) is 6.92 Å². The summed E-state index contributed by atoms with van der Waals surface area (Å²) in [6.07, 6.45) is 3.51. The van der Waals surface area contributed by atoms with Gasteiger partial charge in [-0.3, -0.25) is 0 Å². The third-order valence-electron chi connectivity index (χ3n) is 5.05. The minimum Gasteiger partial charge on any atom is -0.331 e. The van der Waals surface area contributed by atoms with Gasteiger partial charge in [-0.15, -0.1) is 0 Å². The van der Waals surface area contributed by atoms with Crippen LogP contribution in [0.15, 0.2) is 54.7 Å². The van der Waals surface area contributed by atoms with Crippen LogP contribution in [0.5, 0.6) is 0 Å². The molecule has 128 valence electrons. The molecule has 2 aromatic carbocycles. The quantitative estimate of drug-likeness (QED) is 0.501. The Morgan fingerprint density at radius 1 is 0.923 bits per heavy atom. The summed E-state index contributed by atoms with van der Waals surface area (Å²) >= 11 is 0. The number of aromatic nitrogens is 5. The van der Waals surface area contributed by atoms with Crippen molar-refractivity contribution < 1.29 is 0 Å². The van der Waals surface area contributed by atoms with Gasteiger partial charge in [0.2, 0.25) is 0 Å². The van der Waals surface area contributed by atoms with Gasteiger partial charge in [-0.1, -0.05) is 30.3 Å². The second-order valence-corrected chi connectivity index (χ2v) is 6.73. The fraction of sp³-hybridized carbons (Fsp3) is 0.190. The van der Waals surface area contributed by atoms with E-state index in [2.05, 4.69) is 59.0 Å². The van der Waals surface area contributed by atoms with Crippen molar-refractivity contribution in [2.45, 2.75) is 19.8 Å². The summed E-state index contributed by atoms with van der Waals surface area (Å²) in [5, 5.41) is 7.03. The second kappa shape index (κ2) is 5.66. The van der Waals surface area contributed by atoms with Crippen molar-refractivity contribution >= 4 is 27.5 Å². The molecule has 5 aromatic rings. The van der Waals surface area contributed by atoms with E-state index in [0.29, 0.717) is 0 Å². The average molecular weight is 341 g/mol. The molecular weight excluding hydrogens is 322 g/mol. The van der Waals surface area contributed by atoms with Gasteiger partial charge in [-0.25, -0.2) is 14.5 Å². The van der Waals surface area contributed by atoms with Crippen LogP contribution in [0.1, 0.15) is 17.2 Å². The van der Waals surface area contributed by atoms with Crippen LogP contribution in [0.4, 0.5) is 0 Å². The molecule has 0 radical (unpaired) electrons. The number of pyridine rings is 1. The normalized spacial score (nSPS) is 11.8. The third kappa shape index (κ3) is 2.28. The molecular formula is C21H19N5. The van der Waals surface area contributed by atoms with Crippen molar-refractivity contribution in [2.24, 2.45) is 7.05 Å². The van der Waals surface area contributed by atoms with Gasteiger partial charge in [0.05, 0.1) is 11.0 Å². The number of aryl methyl sites for hydroxylation is 4. The van der Waals surface area contributed by atoms with Crippen LogP contribution in [0.2, 0.25) is 0 Å². The Kier molecular flexibility index (Phi) is 3.28. The molecule has 0 spiro atoms. The maximum atomic E-state index is 4.95. The lowest BCUT2D eigenvalue weighted by Gasteiger charge is -2.04. The van der Waals surface area contributed by atoms with Crippen molar-refractivity contribution in [1.82, 2.24) is 24.1 Å². The highest BCUT2D eigenvalue weighted by Gasteiger charge is 2.13. The zero-order chi connectivity index (χ0) is 17.7. The summed E-state index contributed by atoms with van der Waals surface area (Å²) in [4.78, 5) is 9.54. The van der Waals surface area contributed by atoms with E-state index < -0.39 is 0 Å². The number of hydrogen-bond donors (Lipinski definition) is 0. The van der Waals surface area contributed by atoms with Gasteiger partial charge < -0.3 is 4.57 Å². The number of imidazole rings is 1. The topological polar surface area (TPSA) is 48.0 Å². The van der Waals surface area contributed by atoms with E-state index in [4.69, 9.17) is 4.98 Å². The number of fused-ring (bicyclic) bond motifs is 4. The summed E-state index contributed by atoms with van der Waals surface area (Å²) < 4.78 is 4.02. The van der Waals surface area contributed by atoms with Gasteiger partial charge in [0.25, 0.3) is 0 Å². The molecule has 0 aliphatic carbocycles. The van der Waals surface area contributed by atoms with Crippen LogP contribution in [-0.2, 0) is 19.9 Å². The monoisotopic (exact) mass is 341 g/mol. The van der Waals surface area contributed by atoms with Gasteiger partial charge in [-0.05, 0) is 36.1 Å². The largest absolute Gasteiger partial charge is 0.331 e. The lowest BCUT2D eigenvalue weighted by molar-refractivity contribution is 0.755. The molecule has 0 fully saturated rings. The van der Waals surface area contributed by atoms with E-state index in [9.17, 15) is 0 Å². The van der Waals surface area contributed by atoms with E-state index in [1.54, 1.807) is 0 Å². The first-order chi connectivity index (χ1) is 12.7. The Morgan fingerprint density at radius 3 is 2.58 bits per heavy atom. The lowest BCUT2D eigenvalue weighted by atomic mass is 10.0. The molecule has 0 N–H and O–H groups in total. The minimum atomic E-state index is 0.774. The molecule has 5 nitrogen and oxygen atoms in total. The van der Waals surface area contributed by atoms with E-state index in [-0.39, 0.29) is 0 Å². The Hall–Kier alpha value is -3.21. The highest BCUT2D eigenvalue weighted by atomic mass is 15.3. The molecule has 3 heterocycles. The fourth-order valence-corrected chi connectivity index (χ4v) is 3.67. The van der Waals surface area contributed by atoms with Crippen molar-refractivity contribution in [1.29, 1.82) is 0 Å². The number of benzene rings is 2. The van der Waals surface area contributed by atoms with Gasteiger partial charge in [0, 0.05) is 31.5 Å². The van der Waals surface area contributed by atoms with Crippen molar-refractivity contribution in [3.05, 3.63) is 71.9 Å². The Bertz CT molecular complexity index is 1230. The average Bonchev–Trinajstić information content (AvgIpc) is 3.22. The molecule has 0 aliphatic heterocycles. The van der Waals surface area contributed by atoms with Crippen LogP contribution >= 0.6 is 0 Å². The SMILES string of the molecule is Cc1cc2c(nc(CCc3nc4ccccn4n3)n2C)c2ccccc12. The van der Waals surface area contributed by atoms with Crippen molar-refractivity contribution in [3.63, 3.8) is 0 Å². The highest BCUT2D eigenvalue weighted by molar-refractivity contribution is 6.06. The fourth-order valence-electron chi connectivity index (χ4n) is 3.67. The molecule has 5 heteroatoms. The van der Waals surface area contributed by atoms with E-state index in [0.717, 1.165) is 35.7 Å². The number of rotatable bonds is 3. The summed E-state index contributed by atoms with van der Waals surface area (Å²) in [6, 6.07) is 16.6. The van der Waals surface area contributed by atoms with Crippen LogP contribution in [0.3, 0.4) is 0 Å². The molecule has 0 bridgehead atoms. The predicted molar refractivity (Wildman–Crippen MR) is 103 cm³/mol. The molecule has 26 heavy (non-hydrogen) atoms. The molecule has 0 amide bonds.